The molecule has 0 saturated carbocycles. The summed E-state index contributed by atoms with van der Waals surface area (Å²) < 4.78 is 10.6. The van der Waals surface area contributed by atoms with Crippen molar-refractivity contribution < 1.29 is 24.5 Å². The Morgan fingerprint density at radius 2 is 2.12 bits per heavy atom. The number of fused-ring (bicyclic) bond motifs is 1. The van der Waals surface area contributed by atoms with Gasteiger partial charge in [-0.15, -0.1) is 0 Å². The van der Waals surface area contributed by atoms with Gasteiger partial charge in [0, 0.05) is 0 Å². The third-order valence-corrected chi connectivity index (χ3v) is 3.79. The molecular formula is C12H16O5. The quantitative estimate of drug-likeness (QED) is 0.639. The van der Waals surface area contributed by atoms with Crippen LogP contribution >= 0.6 is 0 Å². The van der Waals surface area contributed by atoms with Crippen molar-refractivity contribution in [3.05, 3.63) is 11.6 Å². The molecule has 2 saturated heterocycles. The van der Waals surface area contributed by atoms with Crippen LogP contribution < -0.4 is 0 Å². The maximum Gasteiger partial charge on any atom is 0.190 e. The standard InChI is InChI=1S/C12H16O5/c1-11(2,15)10-8(16-10)5-4-6(13)12(3)9(17-12)7(5)14/h4,7-10,14-15H,1-3H3/t7-,8+,9-,10+,12+/m1/s1. The van der Waals surface area contributed by atoms with Crippen LogP contribution in [0.4, 0.5) is 0 Å². The SMILES string of the molecule is CC(C)(O)[C@H]1O[C@H]1C1=CC(=O)[C@]2(C)O[C@@H]2[C@@H]1O. The van der Waals surface area contributed by atoms with Crippen LogP contribution in [0.2, 0.25) is 0 Å². The zero-order chi connectivity index (χ0) is 12.6. The van der Waals surface area contributed by atoms with Gasteiger partial charge in [-0.1, -0.05) is 0 Å². The molecule has 2 heterocycles. The number of rotatable bonds is 2. The summed E-state index contributed by atoms with van der Waals surface area (Å²) in [7, 11) is 0. The van der Waals surface area contributed by atoms with E-state index in [-0.39, 0.29) is 18.0 Å². The van der Waals surface area contributed by atoms with Crippen molar-refractivity contribution in [2.75, 3.05) is 0 Å². The molecule has 5 heteroatoms. The average molecular weight is 240 g/mol. The Morgan fingerprint density at radius 3 is 2.65 bits per heavy atom. The van der Waals surface area contributed by atoms with Crippen LogP contribution in [0.5, 0.6) is 0 Å². The van der Waals surface area contributed by atoms with Gasteiger partial charge in [-0.05, 0) is 32.4 Å². The number of aliphatic hydroxyl groups is 2. The molecule has 2 N–H and O–H groups in total. The highest BCUT2D eigenvalue weighted by molar-refractivity contribution is 6.01. The van der Waals surface area contributed by atoms with Crippen LogP contribution in [0.1, 0.15) is 20.8 Å². The number of aliphatic hydroxyl groups excluding tert-OH is 1. The van der Waals surface area contributed by atoms with E-state index in [1.807, 2.05) is 0 Å². The van der Waals surface area contributed by atoms with Crippen molar-refractivity contribution in [3.63, 3.8) is 0 Å². The van der Waals surface area contributed by atoms with Crippen LogP contribution in [-0.4, -0.2) is 51.6 Å². The second-order valence-corrected chi connectivity index (χ2v) is 5.73. The van der Waals surface area contributed by atoms with Gasteiger partial charge in [0.25, 0.3) is 0 Å². The molecule has 2 fully saturated rings. The number of hydrogen-bond donors (Lipinski definition) is 2. The fraction of sp³-hybridized carbons (Fsp3) is 0.750. The number of carbonyl (C=O) groups excluding carboxylic acids is 1. The van der Waals surface area contributed by atoms with Crippen molar-refractivity contribution in [1.82, 2.24) is 0 Å². The Balaban J connectivity index is 1.82. The molecular weight excluding hydrogens is 224 g/mol. The molecule has 3 aliphatic rings. The van der Waals surface area contributed by atoms with Crippen molar-refractivity contribution in [1.29, 1.82) is 0 Å². The first-order valence-electron chi connectivity index (χ1n) is 5.75. The first-order valence-corrected chi connectivity index (χ1v) is 5.75. The van der Waals surface area contributed by atoms with Crippen LogP contribution in [-0.2, 0) is 14.3 Å². The van der Waals surface area contributed by atoms with Crippen molar-refractivity contribution in [2.24, 2.45) is 0 Å². The van der Waals surface area contributed by atoms with Crippen LogP contribution in [0.3, 0.4) is 0 Å². The number of ketones is 1. The number of epoxide rings is 2. The summed E-state index contributed by atoms with van der Waals surface area (Å²) in [6, 6.07) is 0. The normalized spacial score (nSPS) is 48.5. The third kappa shape index (κ3) is 1.50. The van der Waals surface area contributed by atoms with E-state index in [9.17, 15) is 15.0 Å². The first kappa shape index (κ1) is 11.3. The van der Waals surface area contributed by atoms with Gasteiger partial charge in [-0.2, -0.15) is 0 Å². The van der Waals surface area contributed by atoms with E-state index < -0.39 is 23.4 Å². The number of carbonyl (C=O) groups is 1. The van der Waals surface area contributed by atoms with E-state index in [0.717, 1.165) is 0 Å². The largest absolute Gasteiger partial charge is 0.388 e. The van der Waals surface area contributed by atoms with Gasteiger partial charge in [0.05, 0.1) is 5.60 Å². The van der Waals surface area contributed by atoms with Gasteiger partial charge in [0.1, 0.15) is 24.4 Å². The van der Waals surface area contributed by atoms with E-state index in [1.54, 1.807) is 20.8 Å². The predicted molar refractivity (Wildman–Crippen MR) is 57.3 cm³/mol. The van der Waals surface area contributed by atoms with Gasteiger partial charge in [0.2, 0.25) is 0 Å². The molecule has 0 bridgehead atoms. The molecule has 0 amide bonds. The van der Waals surface area contributed by atoms with Crippen LogP contribution in [0.15, 0.2) is 11.6 Å². The minimum Gasteiger partial charge on any atom is -0.388 e. The molecule has 0 aromatic heterocycles. The molecule has 3 rings (SSSR count). The fourth-order valence-corrected chi connectivity index (χ4v) is 2.50. The molecule has 5 atom stereocenters. The molecule has 1 aliphatic carbocycles. The highest BCUT2D eigenvalue weighted by Gasteiger charge is 2.66. The van der Waals surface area contributed by atoms with E-state index in [4.69, 9.17) is 9.47 Å². The second kappa shape index (κ2) is 2.98. The van der Waals surface area contributed by atoms with Gasteiger partial charge < -0.3 is 19.7 Å². The molecule has 2 aliphatic heterocycles. The van der Waals surface area contributed by atoms with Gasteiger partial charge >= 0.3 is 0 Å². The summed E-state index contributed by atoms with van der Waals surface area (Å²) in [5.41, 5.74) is -1.29. The lowest BCUT2D eigenvalue weighted by atomic mass is 9.84. The molecule has 17 heavy (non-hydrogen) atoms. The lowest BCUT2D eigenvalue weighted by Crippen LogP contribution is -2.38. The lowest BCUT2D eigenvalue weighted by molar-refractivity contribution is -0.119. The molecule has 5 nitrogen and oxygen atoms in total. The molecule has 0 unspecified atom stereocenters. The molecule has 0 aromatic rings. The average Bonchev–Trinajstić information content (AvgIpc) is 3.03. The van der Waals surface area contributed by atoms with E-state index in [2.05, 4.69) is 0 Å². The van der Waals surface area contributed by atoms with Crippen LogP contribution in [0.25, 0.3) is 0 Å². The topological polar surface area (TPSA) is 82.6 Å². The zero-order valence-electron chi connectivity index (χ0n) is 10.0. The predicted octanol–water partition coefficient (Wildman–Crippen LogP) is -0.448. The lowest BCUT2D eigenvalue weighted by Gasteiger charge is -2.19. The summed E-state index contributed by atoms with van der Waals surface area (Å²) in [4.78, 5) is 11.8. The Labute approximate surface area is 99.0 Å². The molecule has 0 spiro atoms. The zero-order valence-corrected chi connectivity index (χ0v) is 10.0. The highest BCUT2D eigenvalue weighted by Crippen LogP contribution is 2.49. The highest BCUT2D eigenvalue weighted by atomic mass is 16.6. The molecule has 0 radical (unpaired) electrons. The van der Waals surface area contributed by atoms with E-state index in [0.29, 0.717) is 5.57 Å². The maximum atomic E-state index is 11.8. The fourth-order valence-electron chi connectivity index (χ4n) is 2.50. The first-order chi connectivity index (χ1) is 7.75. The second-order valence-electron chi connectivity index (χ2n) is 5.73. The summed E-state index contributed by atoms with van der Waals surface area (Å²) in [6.45, 7) is 4.97. The van der Waals surface area contributed by atoms with E-state index >= 15 is 0 Å². The Kier molecular flexibility index (Phi) is 1.99. The van der Waals surface area contributed by atoms with Gasteiger partial charge in [-0.3, -0.25) is 4.79 Å². The monoisotopic (exact) mass is 240 g/mol. The summed E-state index contributed by atoms with van der Waals surface area (Å²) in [6.07, 6.45) is -0.594. The van der Waals surface area contributed by atoms with Crippen molar-refractivity contribution >= 4 is 5.78 Å². The number of ether oxygens (including phenoxy) is 2. The summed E-state index contributed by atoms with van der Waals surface area (Å²) in [5, 5.41) is 19.8. The van der Waals surface area contributed by atoms with Gasteiger partial charge in [0.15, 0.2) is 11.4 Å². The Bertz CT molecular complexity index is 421. The third-order valence-electron chi connectivity index (χ3n) is 3.79. The number of hydrogen-bond acceptors (Lipinski definition) is 5. The molecule has 0 aromatic carbocycles. The molecule has 94 valence electrons. The van der Waals surface area contributed by atoms with Gasteiger partial charge in [-0.25, -0.2) is 0 Å². The minimum atomic E-state index is -0.973. The Morgan fingerprint density at radius 1 is 1.47 bits per heavy atom. The van der Waals surface area contributed by atoms with E-state index in [1.165, 1.54) is 6.08 Å². The van der Waals surface area contributed by atoms with Crippen molar-refractivity contribution in [2.45, 2.75) is 56.4 Å². The Hall–Kier alpha value is -0.750. The minimum absolute atomic E-state index is 0.132. The maximum absolute atomic E-state index is 11.8. The smallest absolute Gasteiger partial charge is 0.190 e. The van der Waals surface area contributed by atoms with Crippen LogP contribution in [0, 0.1) is 0 Å². The summed E-state index contributed by atoms with van der Waals surface area (Å²) in [5.74, 6) is -0.132. The van der Waals surface area contributed by atoms with Crippen molar-refractivity contribution in [3.8, 4) is 0 Å². The summed E-state index contributed by atoms with van der Waals surface area (Å²) >= 11 is 0.